The predicted molar refractivity (Wildman–Crippen MR) is 131 cm³/mol. The maximum absolute atomic E-state index is 14.2. The molecule has 2 heterocycles. The zero-order chi connectivity index (χ0) is 27.9. The summed E-state index contributed by atoms with van der Waals surface area (Å²) in [7, 11) is -2.95. The molecule has 2 aliphatic rings. The highest BCUT2D eigenvalue weighted by Gasteiger charge is 2.50. The van der Waals surface area contributed by atoms with Crippen molar-refractivity contribution in [1.82, 2.24) is 9.99 Å². The summed E-state index contributed by atoms with van der Waals surface area (Å²) in [5, 5.41) is 2.62. The molecule has 1 aromatic rings. The van der Waals surface area contributed by atoms with Gasteiger partial charge in [-0.15, -0.1) is 0 Å². The topological polar surface area (TPSA) is 156 Å². The quantitative estimate of drug-likeness (QED) is 0.253. The van der Waals surface area contributed by atoms with E-state index in [1.807, 2.05) is 0 Å². The molecule has 13 nitrogen and oxygen atoms in total. The Bertz CT molecular complexity index is 1050. The van der Waals surface area contributed by atoms with E-state index in [0.29, 0.717) is 12.8 Å². The molecule has 2 saturated heterocycles. The average Bonchev–Trinajstić information content (AvgIpc) is 3.36. The summed E-state index contributed by atoms with van der Waals surface area (Å²) < 4.78 is 48.8. The number of carbonyl (C=O) groups excluding carboxylic acids is 4. The van der Waals surface area contributed by atoms with Gasteiger partial charge in [0, 0.05) is 27.3 Å². The summed E-state index contributed by atoms with van der Waals surface area (Å²) >= 11 is 0. The average molecular weight is 557 g/mol. The minimum atomic E-state index is -4.19. The van der Waals surface area contributed by atoms with E-state index in [-0.39, 0.29) is 18.9 Å². The van der Waals surface area contributed by atoms with Crippen molar-refractivity contribution in [3.05, 3.63) is 30.3 Å². The van der Waals surface area contributed by atoms with Gasteiger partial charge in [0.05, 0.1) is 26.4 Å². The fraction of sp³-hybridized carbons (Fsp3) is 0.583. The first-order valence-electron chi connectivity index (χ1n) is 12.1. The van der Waals surface area contributed by atoms with E-state index in [0.717, 1.165) is 0 Å². The van der Waals surface area contributed by atoms with Crippen LogP contribution in [0.25, 0.3) is 0 Å². The van der Waals surface area contributed by atoms with Gasteiger partial charge in [0.1, 0.15) is 17.9 Å². The highest BCUT2D eigenvalue weighted by molar-refractivity contribution is 7.51. The maximum atomic E-state index is 14.2. The third-order valence-corrected chi connectivity index (χ3v) is 7.97. The number of para-hydroxylation sites is 1. The van der Waals surface area contributed by atoms with Gasteiger partial charge in [-0.05, 0) is 25.0 Å². The highest BCUT2D eigenvalue weighted by atomic mass is 31.2. The van der Waals surface area contributed by atoms with E-state index < -0.39 is 68.6 Å². The second-order valence-corrected chi connectivity index (χ2v) is 10.7. The molecular weight excluding hydrogens is 523 g/mol. The highest BCUT2D eigenvalue weighted by Crippen LogP contribution is 2.55. The van der Waals surface area contributed by atoms with Gasteiger partial charge in [0.15, 0.2) is 12.2 Å². The summed E-state index contributed by atoms with van der Waals surface area (Å²) in [5.41, 5.74) is 0. The molecule has 1 amide bonds. The Morgan fingerprint density at radius 1 is 1.05 bits per heavy atom. The molecule has 0 spiro atoms. The third kappa shape index (κ3) is 7.53. The summed E-state index contributed by atoms with van der Waals surface area (Å²) in [4.78, 5) is 47.9. The number of hydrogen-bond donors (Lipinski definition) is 1. The van der Waals surface area contributed by atoms with Crippen LogP contribution < -0.4 is 9.84 Å². The molecule has 0 saturated carbocycles. The van der Waals surface area contributed by atoms with Crippen LogP contribution in [-0.2, 0) is 47.2 Å². The number of benzene rings is 1. The number of ether oxygens (including phenoxy) is 4. The van der Waals surface area contributed by atoms with Crippen LogP contribution in [0.5, 0.6) is 5.75 Å². The lowest BCUT2D eigenvalue weighted by atomic mass is 9.97. The van der Waals surface area contributed by atoms with Crippen LogP contribution in [0.2, 0.25) is 0 Å². The normalized spacial score (nSPS) is 27.0. The maximum Gasteiger partial charge on any atom is 0.462 e. The number of carbonyl (C=O) groups is 4. The van der Waals surface area contributed by atoms with Crippen molar-refractivity contribution in [2.24, 2.45) is 0 Å². The summed E-state index contributed by atoms with van der Waals surface area (Å²) in [5.74, 6) is -2.10. The number of nitrogens with zero attached hydrogens (tertiary/aromatic N) is 1. The first-order chi connectivity index (χ1) is 18.0. The van der Waals surface area contributed by atoms with Crippen LogP contribution in [0.4, 0.5) is 0 Å². The lowest BCUT2D eigenvalue weighted by Gasteiger charge is -2.41. The van der Waals surface area contributed by atoms with Crippen molar-refractivity contribution in [1.29, 1.82) is 0 Å². The van der Waals surface area contributed by atoms with Crippen LogP contribution in [0.15, 0.2) is 30.3 Å². The van der Waals surface area contributed by atoms with Crippen molar-refractivity contribution in [3.8, 4) is 5.75 Å². The molecule has 6 atom stereocenters. The van der Waals surface area contributed by atoms with Gasteiger partial charge in [0.2, 0.25) is 5.91 Å². The number of methoxy groups -OCH3 is 1. The molecule has 4 unspecified atom stereocenters. The van der Waals surface area contributed by atoms with E-state index in [9.17, 15) is 23.7 Å². The molecule has 1 N–H and O–H groups in total. The zero-order valence-corrected chi connectivity index (χ0v) is 22.6. The van der Waals surface area contributed by atoms with Gasteiger partial charge in [-0.25, -0.2) is 4.57 Å². The molecule has 38 heavy (non-hydrogen) atoms. The molecule has 14 heteroatoms. The van der Waals surface area contributed by atoms with E-state index in [2.05, 4.69) is 5.32 Å². The van der Waals surface area contributed by atoms with E-state index in [4.69, 9.17) is 28.0 Å². The first-order valence-corrected chi connectivity index (χ1v) is 13.6. The Morgan fingerprint density at radius 3 is 2.32 bits per heavy atom. The van der Waals surface area contributed by atoms with Crippen LogP contribution in [0.3, 0.4) is 0 Å². The van der Waals surface area contributed by atoms with Crippen molar-refractivity contribution >= 4 is 31.6 Å². The Balaban J connectivity index is 1.89. The summed E-state index contributed by atoms with van der Waals surface area (Å²) in [6, 6.07) is 6.64. The Morgan fingerprint density at radius 2 is 1.71 bits per heavy atom. The van der Waals surface area contributed by atoms with Crippen molar-refractivity contribution in [2.75, 3.05) is 26.9 Å². The van der Waals surface area contributed by atoms with Gasteiger partial charge < -0.3 is 28.8 Å². The molecule has 0 aromatic heterocycles. The zero-order valence-electron chi connectivity index (χ0n) is 21.7. The van der Waals surface area contributed by atoms with Crippen LogP contribution in [0.1, 0.15) is 33.6 Å². The van der Waals surface area contributed by atoms with E-state index in [1.54, 1.807) is 30.3 Å². The van der Waals surface area contributed by atoms with E-state index in [1.165, 1.54) is 32.6 Å². The Hall–Kier alpha value is -2.99. The van der Waals surface area contributed by atoms with Gasteiger partial charge >= 0.3 is 25.7 Å². The molecular formula is C24H33N2O11P. The Kier molecular flexibility index (Phi) is 10.3. The number of rotatable bonds is 10. The molecule has 0 radical (unpaired) electrons. The number of hydrogen-bond acceptors (Lipinski definition) is 11. The predicted octanol–water partition coefficient (Wildman–Crippen LogP) is 1.59. The smallest absolute Gasteiger partial charge is 0.462 e. The summed E-state index contributed by atoms with van der Waals surface area (Å²) in [6.45, 7) is 3.34. The van der Waals surface area contributed by atoms with Crippen molar-refractivity contribution < 1.29 is 51.7 Å². The minimum Gasteiger partial charge on any atom is -0.468 e. The van der Waals surface area contributed by atoms with Crippen LogP contribution in [-0.4, -0.2) is 85.7 Å². The summed E-state index contributed by atoms with van der Waals surface area (Å²) in [6.07, 6.45) is -2.43. The van der Waals surface area contributed by atoms with Crippen molar-refractivity contribution in [2.45, 2.75) is 64.0 Å². The van der Waals surface area contributed by atoms with Gasteiger partial charge in [0.25, 0.3) is 0 Å². The molecule has 210 valence electrons. The lowest BCUT2D eigenvalue weighted by Crippen LogP contribution is -2.62. The standard InChI is InChI=1S/C24H33N2O11P/c1-15(27)25-19-13-33-21(23(36-17(3)29)22(19)35-16(2)28)14-34-38(31,37-18-9-6-5-7-10-18)26-12-8-11-20(26)24(30)32-4/h5-7,9-10,19-23H,8,11-14H2,1-4H3,(H,25,27)/t19?,20-,21?,22?,23+,38?/m0/s1. The van der Waals surface area contributed by atoms with Gasteiger partial charge in [-0.2, -0.15) is 4.67 Å². The van der Waals surface area contributed by atoms with Gasteiger partial charge in [-0.3, -0.25) is 23.7 Å². The largest absolute Gasteiger partial charge is 0.468 e. The van der Waals surface area contributed by atoms with Crippen molar-refractivity contribution in [3.63, 3.8) is 0 Å². The molecule has 2 aliphatic heterocycles. The minimum absolute atomic E-state index is 0.109. The molecule has 1 aromatic carbocycles. The number of esters is 3. The fourth-order valence-electron chi connectivity index (χ4n) is 4.42. The van der Waals surface area contributed by atoms with E-state index >= 15 is 0 Å². The first kappa shape index (κ1) is 29.6. The second-order valence-electron chi connectivity index (χ2n) is 8.84. The number of amides is 1. The monoisotopic (exact) mass is 556 g/mol. The molecule has 0 aliphatic carbocycles. The molecule has 2 fully saturated rings. The van der Waals surface area contributed by atoms with Gasteiger partial charge in [-0.1, -0.05) is 18.2 Å². The lowest BCUT2D eigenvalue weighted by molar-refractivity contribution is -0.203. The third-order valence-electron chi connectivity index (χ3n) is 5.95. The SMILES string of the molecule is COC(=O)[C@@H]1CCCN1P(=O)(OCC1OCC(NC(C)=O)C(OC(C)=O)[C@@H]1OC(C)=O)Oc1ccccc1. The van der Waals surface area contributed by atoms with Crippen LogP contribution >= 0.6 is 7.75 Å². The molecule has 3 rings (SSSR count). The molecule has 0 bridgehead atoms. The number of nitrogens with one attached hydrogen (secondary N) is 1. The second kappa shape index (κ2) is 13.2. The van der Waals surface area contributed by atoms with Crippen LogP contribution in [0, 0.1) is 0 Å². The fourth-order valence-corrected chi connectivity index (χ4v) is 6.38. The Labute approximate surface area is 220 Å².